The number of anilines is 3. The van der Waals surface area contributed by atoms with Crippen molar-refractivity contribution in [1.82, 2.24) is 9.97 Å². The van der Waals surface area contributed by atoms with E-state index in [9.17, 15) is 14.5 Å². The average molecular weight is 395 g/mol. The Morgan fingerprint density at radius 3 is 2.75 bits per heavy atom. The van der Waals surface area contributed by atoms with Gasteiger partial charge in [-0.15, -0.1) is 25.3 Å². The molecule has 24 heavy (non-hydrogen) atoms. The van der Waals surface area contributed by atoms with Crippen LogP contribution < -0.4 is 21.9 Å². The molecule has 1 aromatic heterocycles. The molecule has 0 fully saturated rings. The molecule has 1 atom stereocenters. The Balaban J connectivity index is 2.20. The minimum Gasteiger partial charge on any atom is -0.385 e. The molecule has 1 unspecified atom stereocenters. The third-order valence-corrected chi connectivity index (χ3v) is 4.43. The first-order valence-corrected chi connectivity index (χ1v) is 8.65. The first kappa shape index (κ1) is 18.9. The first-order chi connectivity index (χ1) is 11.1. The van der Waals surface area contributed by atoms with E-state index in [1.54, 1.807) is 0 Å². The van der Waals surface area contributed by atoms with Crippen molar-refractivity contribution in [2.24, 2.45) is 0 Å². The highest BCUT2D eigenvalue weighted by atomic mass is 32.1. The van der Waals surface area contributed by atoms with Crippen LogP contribution in [0.3, 0.4) is 0 Å². The van der Waals surface area contributed by atoms with Gasteiger partial charge in [0.15, 0.2) is 5.82 Å². The minimum atomic E-state index is -4.73. The van der Waals surface area contributed by atoms with Crippen molar-refractivity contribution >= 4 is 50.5 Å². The second-order valence-electron chi connectivity index (χ2n) is 4.54. The van der Waals surface area contributed by atoms with Crippen molar-refractivity contribution in [2.75, 3.05) is 23.0 Å². The van der Waals surface area contributed by atoms with Crippen molar-refractivity contribution in [3.63, 3.8) is 0 Å². The lowest BCUT2D eigenvalue weighted by molar-refractivity contribution is 0.111. The number of aliphatic hydroxyl groups excluding tert-OH is 1. The number of phosphoric ester groups is 1. The molecule has 0 spiro atoms. The molecule has 8 N–H and O–H groups in total. The van der Waals surface area contributed by atoms with Crippen LogP contribution in [0.15, 0.2) is 26.5 Å². The number of nitrogens with one attached hydrogen (secondary N) is 3. The van der Waals surface area contributed by atoms with Crippen LogP contribution in [0, 0.1) is 0 Å². The summed E-state index contributed by atoms with van der Waals surface area (Å²) < 4.78 is 14.8. The zero-order chi connectivity index (χ0) is 18.1. The van der Waals surface area contributed by atoms with E-state index in [-0.39, 0.29) is 33.0 Å². The number of aromatic amines is 1. The molecule has 0 saturated heterocycles. The second kappa shape index (κ2) is 7.19. The molecule has 0 saturated carbocycles. The maximum absolute atomic E-state index is 11.8. The van der Waals surface area contributed by atoms with E-state index >= 15 is 0 Å². The number of aliphatic hydroxyl groups is 1. The quantitative estimate of drug-likeness (QED) is 0.234. The van der Waals surface area contributed by atoms with Gasteiger partial charge in [0.25, 0.3) is 5.56 Å². The van der Waals surface area contributed by atoms with Crippen molar-refractivity contribution in [3.05, 3.63) is 32.1 Å². The number of fused-ring (bicyclic) bond motifs is 1. The lowest BCUT2D eigenvalue weighted by atomic mass is 10.2. The van der Waals surface area contributed by atoms with Crippen molar-refractivity contribution in [2.45, 2.75) is 6.10 Å². The maximum atomic E-state index is 11.8. The summed E-state index contributed by atoms with van der Waals surface area (Å²) in [4.78, 5) is 35.4. The Morgan fingerprint density at radius 1 is 1.46 bits per heavy atom. The zero-order valence-electron chi connectivity index (χ0n) is 11.8. The van der Waals surface area contributed by atoms with Crippen LogP contribution in [0.2, 0.25) is 0 Å². The minimum absolute atomic E-state index is 0.0318. The zero-order valence-corrected chi connectivity index (χ0v) is 14.5. The van der Waals surface area contributed by atoms with E-state index in [4.69, 9.17) is 15.5 Å². The molecule has 0 amide bonds. The molecule has 2 heterocycles. The molecule has 0 bridgehead atoms. The molecule has 1 aliphatic heterocycles. The molecule has 1 aromatic rings. The van der Waals surface area contributed by atoms with Gasteiger partial charge in [0, 0.05) is 16.0 Å². The number of thiol groups is 2. The summed E-state index contributed by atoms with van der Waals surface area (Å²) in [5, 5.41) is 15.3. The van der Waals surface area contributed by atoms with Crippen molar-refractivity contribution in [3.8, 4) is 0 Å². The average Bonchev–Trinajstić information content (AvgIpc) is 2.50. The number of H-pyrrole nitrogens is 1. The second-order valence-corrected chi connectivity index (χ2v) is 6.71. The fraction of sp³-hybridized carbons (Fsp3) is 0.200. The van der Waals surface area contributed by atoms with Gasteiger partial charge in [-0.05, 0) is 0 Å². The summed E-state index contributed by atoms with van der Waals surface area (Å²) in [5.74, 6) is 0.138. The Hall–Kier alpha value is -1.47. The molecule has 0 radical (unpaired) electrons. The number of rotatable bonds is 5. The van der Waals surface area contributed by atoms with Gasteiger partial charge in [0.05, 0.1) is 12.3 Å². The third kappa shape index (κ3) is 4.54. The van der Waals surface area contributed by atoms with Gasteiger partial charge in [-0.25, -0.2) is 4.57 Å². The summed E-state index contributed by atoms with van der Waals surface area (Å²) in [6.45, 7) is -0.691. The largest absolute Gasteiger partial charge is 0.469 e. The van der Waals surface area contributed by atoms with E-state index in [0.717, 1.165) is 0 Å². The molecule has 0 aromatic carbocycles. The molecule has 1 aliphatic rings. The molecule has 11 nitrogen and oxygen atoms in total. The molecule has 2 rings (SSSR count). The fourth-order valence-corrected chi connectivity index (χ4v) is 2.49. The van der Waals surface area contributed by atoms with Crippen LogP contribution in [-0.2, 0) is 9.09 Å². The number of phosphoric acid groups is 1. The van der Waals surface area contributed by atoms with Crippen LogP contribution in [-0.4, -0.2) is 37.6 Å². The number of nitrogens with zero attached hydrogens (tertiary/aromatic N) is 1. The summed E-state index contributed by atoms with van der Waals surface area (Å²) in [6, 6.07) is 0. The monoisotopic (exact) mass is 395 g/mol. The van der Waals surface area contributed by atoms with Gasteiger partial charge in [-0.2, -0.15) is 4.98 Å². The molecule has 14 heteroatoms. The van der Waals surface area contributed by atoms with E-state index in [0.29, 0.717) is 0 Å². The van der Waals surface area contributed by atoms with Crippen LogP contribution in [0.5, 0.6) is 0 Å². The van der Waals surface area contributed by atoms with Crippen LogP contribution in [0.1, 0.15) is 0 Å². The fourth-order valence-electron chi connectivity index (χ4n) is 1.69. The normalized spacial score (nSPS) is 16.3. The molecular formula is C10H14N5O6PS2. The highest BCUT2D eigenvalue weighted by molar-refractivity contribution is 7.88. The summed E-state index contributed by atoms with van der Waals surface area (Å²) in [5.41, 5.74) is 5.25. The highest BCUT2D eigenvalue weighted by Crippen LogP contribution is 2.37. The highest BCUT2D eigenvalue weighted by Gasteiger charge is 2.22. The summed E-state index contributed by atoms with van der Waals surface area (Å²) in [7, 11) is -4.73. The van der Waals surface area contributed by atoms with Gasteiger partial charge in [-0.1, -0.05) is 0 Å². The molecule has 0 aliphatic carbocycles. The lowest BCUT2D eigenvalue weighted by Gasteiger charge is -2.21. The number of hydrogen-bond acceptors (Lipinski definition) is 10. The number of nitrogen functional groups attached to an aromatic ring is 1. The predicted molar refractivity (Wildman–Crippen MR) is 93.6 cm³/mol. The van der Waals surface area contributed by atoms with E-state index in [2.05, 4.69) is 50.4 Å². The van der Waals surface area contributed by atoms with Crippen molar-refractivity contribution < 1.29 is 24.0 Å². The smallest absolute Gasteiger partial charge is 0.385 e. The number of hydrogen-bond donors (Lipinski definition) is 9. The number of nitrogens with two attached hydrogens (primary N) is 1. The standard InChI is InChI=1S/C10H14N5O6PS2/c11-10-14-8-5(9(17)15-10)13-3(1-12-8)6(23)7(24)4(16)2-21-22(18,19)20/h1,4,13,16,23-24H,2H2,(H2,18,19,20)(H4,11,12,14,15,17). The van der Waals surface area contributed by atoms with Gasteiger partial charge in [0.2, 0.25) is 5.95 Å². The molecular weight excluding hydrogens is 381 g/mol. The van der Waals surface area contributed by atoms with Gasteiger partial charge in [-0.3, -0.25) is 14.3 Å². The van der Waals surface area contributed by atoms with Crippen LogP contribution >= 0.6 is 33.1 Å². The van der Waals surface area contributed by atoms with Crippen LogP contribution in [0.4, 0.5) is 17.5 Å². The van der Waals surface area contributed by atoms with Gasteiger partial charge < -0.3 is 31.3 Å². The number of aromatic nitrogens is 2. The van der Waals surface area contributed by atoms with E-state index in [1.165, 1.54) is 6.20 Å². The third-order valence-electron chi connectivity index (χ3n) is 2.76. The summed E-state index contributed by atoms with van der Waals surface area (Å²) >= 11 is 8.25. The Bertz CT molecular complexity index is 818. The Kier molecular flexibility index (Phi) is 5.65. The Morgan fingerprint density at radius 2 is 2.12 bits per heavy atom. The van der Waals surface area contributed by atoms with E-state index < -0.39 is 26.1 Å². The topological polar surface area (TPSA) is 183 Å². The maximum Gasteiger partial charge on any atom is 0.469 e. The lowest BCUT2D eigenvalue weighted by Crippen LogP contribution is -2.24. The van der Waals surface area contributed by atoms with Gasteiger partial charge in [0.1, 0.15) is 11.8 Å². The summed E-state index contributed by atoms with van der Waals surface area (Å²) in [6.07, 6.45) is -0.0380. The Labute approximate surface area is 146 Å². The first-order valence-electron chi connectivity index (χ1n) is 6.22. The van der Waals surface area contributed by atoms with Gasteiger partial charge >= 0.3 is 7.82 Å². The van der Waals surface area contributed by atoms with Crippen molar-refractivity contribution in [1.29, 1.82) is 0 Å². The van der Waals surface area contributed by atoms with E-state index in [1.807, 2.05) is 0 Å². The molecule has 132 valence electrons. The predicted octanol–water partition coefficient (Wildman–Crippen LogP) is -0.428. The van der Waals surface area contributed by atoms with Crippen LogP contribution in [0.25, 0.3) is 0 Å². The SMILES string of the molecule is Nc1nc2c(c(=O)[nH]1)NC(C(S)=C(S)C(O)COP(=O)(O)O)=CN2.